The van der Waals surface area contributed by atoms with E-state index in [1.165, 1.54) is 18.2 Å². The van der Waals surface area contributed by atoms with Gasteiger partial charge in [-0.15, -0.1) is 13.2 Å². The van der Waals surface area contributed by atoms with E-state index >= 15 is 0 Å². The van der Waals surface area contributed by atoms with E-state index < -0.39 is 6.36 Å². The van der Waals surface area contributed by atoms with Crippen LogP contribution in [0.1, 0.15) is 29.0 Å². The maximum absolute atomic E-state index is 12.5. The van der Waals surface area contributed by atoms with Gasteiger partial charge in [0, 0.05) is 34.7 Å². The molecule has 1 aromatic carbocycles. The van der Waals surface area contributed by atoms with Crippen LogP contribution in [-0.2, 0) is 6.54 Å². The molecule has 1 amide bonds. The summed E-state index contributed by atoms with van der Waals surface area (Å²) in [7, 11) is 0. The SMILES string of the molecule is C[C@H](CI)c1c(-c2cccc(OC(F)(F)F)c2)cc2n1CCNC2=O. The van der Waals surface area contributed by atoms with Gasteiger partial charge in [0.25, 0.3) is 5.91 Å². The Morgan fingerprint density at radius 1 is 1.36 bits per heavy atom. The van der Waals surface area contributed by atoms with E-state index in [0.29, 0.717) is 24.3 Å². The highest BCUT2D eigenvalue weighted by Crippen LogP contribution is 2.36. The monoisotopic (exact) mass is 464 g/mol. The molecule has 0 saturated heterocycles. The molecule has 3 rings (SSSR count). The van der Waals surface area contributed by atoms with Crippen molar-refractivity contribution in [3.05, 3.63) is 41.7 Å². The van der Waals surface area contributed by atoms with Crippen molar-refractivity contribution in [1.82, 2.24) is 9.88 Å². The number of alkyl halides is 4. The number of nitrogens with zero attached hydrogens (tertiary/aromatic N) is 1. The highest BCUT2D eigenvalue weighted by Gasteiger charge is 2.31. The van der Waals surface area contributed by atoms with Gasteiger partial charge in [-0.1, -0.05) is 41.6 Å². The second kappa shape index (κ2) is 6.89. The van der Waals surface area contributed by atoms with Crippen LogP contribution in [0.2, 0.25) is 0 Å². The number of benzene rings is 1. The Morgan fingerprint density at radius 3 is 2.80 bits per heavy atom. The van der Waals surface area contributed by atoms with Crippen LogP contribution in [0.3, 0.4) is 0 Å². The van der Waals surface area contributed by atoms with Crippen molar-refractivity contribution in [3.8, 4) is 16.9 Å². The number of rotatable bonds is 4. The molecule has 25 heavy (non-hydrogen) atoms. The lowest BCUT2D eigenvalue weighted by molar-refractivity contribution is -0.274. The number of ether oxygens (including phenoxy) is 1. The Balaban J connectivity index is 2.11. The maximum atomic E-state index is 12.5. The summed E-state index contributed by atoms with van der Waals surface area (Å²) in [5.74, 6) is -0.281. The van der Waals surface area contributed by atoms with Gasteiger partial charge < -0.3 is 14.6 Å². The minimum Gasteiger partial charge on any atom is -0.406 e. The summed E-state index contributed by atoms with van der Waals surface area (Å²) in [4.78, 5) is 12.1. The zero-order chi connectivity index (χ0) is 18.2. The van der Waals surface area contributed by atoms with Gasteiger partial charge in [0.1, 0.15) is 11.4 Å². The van der Waals surface area contributed by atoms with Crippen molar-refractivity contribution >= 4 is 28.5 Å². The molecule has 4 nitrogen and oxygen atoms in total. The van der Waals surface area contributed by atoms with Crippen molar-refractivity contribution in [2.24, 2.45) is 0 Å². The molecule has 1 atom stereocenters. The summed E-state index contributed by atoms with van der Waals surface area (Å²) < 4.78 is 44.3. The predicted molar refractivity (Wildman–Crippen MR) is 96.2 cm³/mol. The summed E-state index contributed by atoms with van der Waals surface area (Å²) in [6, 6.07) is 7.62. The van der Waals surface area contributed by atoms with Crippen molar-refractivity contribution in [2.75, 3.05) is 11.0 Å². The zero-order valence-electron chi connectivity index (χ0n) is 13.4. The van der Waals surface area contributed by atoms with Gasteiger partial charge >= 0.3 is 6.36 Å². The molecular formula is C17H16F3IN2O2. The van der Waals surface area contributed by atoms with Gasteiger partial charge in [0.15, 0.2) is 0 Å². The molecule has 1 aliphatic heterocycles. The second-order valence-corrected chi connectivity index (χ2v) is 6.75. The Bertz CT molecular complexity index is 802. The largest absolute Gasteiger partial charge is 0.573 e. The first-order chi connectivity index (χ1) is 11.8. The summed E-state index contributed by atoms with van der Waals surface area (Å²) in [6.07, 6.45) is -4.74. The van der Waals surface area contributed by atoms with E-state index in [0.717, 1.165) is 15.7 Å². The summed E-state index contributed by atoms with van der Waals surface area (Å²) >= 11 is 2.27. The van der Waals surface area contributed by atoms with Gasteiger partial charge in [0.2, 0.25) is 0 Å². The Kier molecular flexibility index (Phi) is 4.99. The second-order valence-electron chi connectivity index (χ2n) is 5.87. The molecule has 8 heteroatoms. The quantitative estimate of drug-likeness (QED) is 0.541. The first kappa shape index (κ1) is 18.1. The lowest BCUT2D eigenvalue weighted by atomic mass is 9.99. The van der Waals surface area contributed by atoms with Crippen LogP contribution in [0, 0.1) is 0 Å². The molecule has 2 aromatic rings. The smallest absolute Gasteiger partial charge is 0.406 e. The summed E-state index contributed by atoms with van der Waals surface area (Å²) in [5.41, 5.74) is 2.87. The average Bonchev–Trinajstić information content (AvgIpc) is 2.94. The number of hydrogen-bond donors (Lipinski definition) is 1. The minimum atomic E-state index is -4.74. The Morgan fingerprint density at radius 2 is 2.12 bits per heavy atom. The first-order valence-electron chi connectivity index (χ1n) is 7.74. The zero-order valence-corrected chi connectivity index (χ0v) is 15.5. The number of halogens is 4. The lowest BCUT2D eigenvalue weighted by Crippen LogP contribution is -2.35. The van der Waals surface area contributed by atoms with Crippen molar-refractivity contribution in [2.45, 2.75) is 25.7 Å². The lowest BCUT2D eigenvalue weighted by Gasteiger charge is -2.21. The molecule has 0 aliphatic carbocycles. The summed E-state index contributed by atoms with van der Waals surface area (Å²) in [6.45, 7) is 3.23. The van der Waals surface area contributed by atoms with Gasteiger partial charge in [0.05, 0.1) is 0 Å². The molecule has 1 aromatic heterocycles. The molecule has 1 aliphatic rings. The predicted octanol–water partition coefficient (Wildman–Crippen LogP) is 4.34. The minimum absolute atomic E-state index is 0.155. The molecule has 2 heterocycles. The topological polar surface area (TPSA) is 43.3 Å². The average molecular weight is 464 g/mol. The molecule has 0 fully saturated rings. The maximum Gasteiger partial charge on any atom is 0.573 e. The highest BCUT2D eigenvalue weighted by molar-refractivity contribution is 14.1. The van der Waals surface area contributed by atoms with E-state index in [4.69, 9.17) is 0 Å². The van der Waals surface area contributed by atoms with E-state index in [1.807, 2.05) is 11.5 Å². The highest BCUT2D eigenvalue weighted by atomic mass is 127. The van der Waals surface area contributed by atoms with Crippen LogP contribution >= 0.6 is 22.6 Å². The molecule has 1 N–H and O–H groups in total. The third-order valence-corrected chi connectivity index (χ3v) is 5.39. The van der Waals surface area contributed by atoms with Crippen molar-refractivity contribution in [1.29, 1.82) is 0 Å². The standard InChI is InChI=1S/C17H16F3IN2O2/c1-10(9-21)15-13(8-14-16(24)22-5-6-23(14)15)11-3-2-4-12(7-11)25-17(18,19)20/h2-4,7-8,10H,5-6,9H2,1H3,(H,22,24)/t10-/m1/s1. The molecule has 0 radical (unpaired) electrons. The summed E-state index contributed by atoms with van der Waals surface area (Å²) in [5, 5.41) is 2.79. The molecule has 134 valence electrons. The number of nitrogens with one attached hydrogen (secondary N) is 1. The van der Waals surface area contributed by atoms with Crippen LogP contribution in [0.5, 0.6) is 5.75 Å². The number of aromatic nitrogens is 1. The number of carbonyl (C=O) groups is 1. The van der Waals surface area contributed by atoms with E-state index in [2.05, 4.69) is 32.6 Å². The molecular weight excluding hydrogens is 448 g/mol. The Labute approximate surface area is 156 Å². The van der Waals surface area contributed by atoms with Crippen LogP contribution in [-0.4, -0.2) is 27.8 Å². The fourth-order valence-electron chi connectivity index (χ4n) is 3.06. The molecule has 0 bridgehead atoms. The van der Waals surface area contributed by atoms with Crippen LogP contribution in [0.4, 0.5) is 13.2 Å². The van der Waals surface area contributed by atoms with Gasteiger partial charge in [-0.05, 0) is 23.8 Å². The number of fused-ring (bicyclic) bond motifs is 1. The fourth-order valence-corrected chi connectivity index (χ4v) is 3.48. The number of amides is 1. The van der Waals surface area contributed by atoms with E-state index in [-0.39, 0.29) is 17.6 Å². The van der Waals surface area contributed by atoms with Crippen molar-refractivity contribution < 1.29 is 22.7 Å². The van der Waals surface area contributed by atoms with Gasteiger partial charge in [-0.25, -0.2) is 0 Å². The van der Waals surface area contributed by atoms with Gasteiger partial charge in [-0.3, -0.25) is 4.79 Å². The number of carbonyl (C=O) groups excluding carboxylic acids is 1. The van der Waals surface area contributed by atoms with E-state index in [1.54, 1.807) is 12.1 Å². The molecule has 0 saturated carbocycles. The van der Waals surface area contributed by atoms with Crippen LogP contribution < -0.4 is 10.1 Å². The van der Waals surface area contributed by atoms with Gasteiger partial charge in [-0.2, -0.15) is 0 Å². The Hall–Kier alpha value is -1.71. The van der Waals surface area contributed by atoms with Crippen LogP contribution in [0.25, 0.3) is 11.1 Å². The van der Waals surface area contributed by atoms with Crippen LogP contribution in [0.15, 0.2) is 30.3 Å². The third-order valence-electron chi connectivity index (χ3n) is 4.07. The normalized spacial score (nSPS) is 15.5. The number of hydrogen-bond acceptors (Lipinski definition) is 2. The van der Waals surface area contributed by atoms with Crippen molar-refractivity contribution in [3.63, 3.8) is 0 Å². The first-order valence-corrected chi connectivity index (χ1v) is 9.26. The molecule has 0 unspecified atom stereocenters. The fraction of sp³-hybridized carbons (Fsp3) is 0.353. The third kappa shape index (κ3) is 3.78. The van der Waals surface area contributed by atoms with E-state index in [9.17, 15) is 18.0 Å². The molecule has 0 spiro atoms.